The molecule has 0 bridgehead atoms. The fourth-order valence-corrected chi connectivity index (χ4v) is 2.02. The molecule has 1 atom stereocenters. The van der Waals surface area contributed by atoms with E-state index in [-0.39, 0.29) is 13.4 Å². The van der Waals surface area contributed by atoms with Gasteiger partial charge in [-0.1, -0.05) is 30.3 Å². The fraction of sp³-hybridized carbons (Fsp3) is 0.400. The normalized spacial score (nSPS) is 14.6. The van der Waals surface area contributed by atoms with Crippen LogP contribution in [0.25, 0.3) is 0 Å². The van der Waals surface area contributed by atoms with Gasteiger partial charge in [0, 0.05) is 11.2 Å². The monoisotopic (exact) mass is 264 g/mol. The summed E-state index contributed by atoms with van der Waals surface area (Å²) in [6.45, 7) is -1.33. The van der Waals surface area contributed by atoms with E-state index in [2.05, 4.69) is 0 Å². The third-order valence-electron chi connectivity index (χ3n) is 1.69. The molecule has 16 heavy (non-hydrogen) atoms. The SMILES string of the molecule is CCOP(=O)(Cl)OCOCc1ccccc1. The number of ether oxygens (including phenoxy) is 1. The van der Waals surface area contributed by atoms with Crippen molar-refractivity contribution >= 4 is 18.2 Å². The van der Waals surface area contributed by atoms with Crippen LogP contribution < -0.4 is 0 Å². The average Bonchev–Trinajstić information content (AvgIpc) is 2.26. The molecule has 0 aliphatic rings. The molecule has 1 aromatic carbocycles. The fourth-order valence-electron chi connectivity index (χ4n) is 1.03. The Balaban J connectivity index is 2.20. The van der Waals surface area contributed by atoms with Gasteiger partial charge in [-0.2, -0.15) is 0 Å². The Kier molecular flexibility index (Phi) is 6.03. The van der Waals surface area contributed by atoms with Gasteiger partial charge in [0.25, 0.3) is 0 Å². The van der Waals surface area contributed by atoms with Crippen molar-refractivity contribution in [3.05, 3.63) is 35.9 Å². The van der Waals surface area contributed by atoms with E-state index < -0.39 is 6.95 Å². The number of benzene rings is 1. The van der Waals surface area contributed by atoms with Gasteiger partial charge in [-0.15, -0.1) is 0 Å². The Bertz CT molecular complexity index is 344. The molecule has 0 aromatic heterocycles. The van der Waals surface area contributed by atoms with Crippen molar-refractivity contribution in [1.82, 2.24) is 0 Å². The zero-order valence-corrected chi connectivity index (χ0v) is 10.6. The lowest BCUT2D eigenvalue weighted by Crippen LogP contribution is -1.98. The van der Waals surface area contributed by atoms with Crippen molar-refractivity contribution in [2.45, 2.75) is 13.5 Å². The van der Waals surface area contributed by atoms with E-state index in [0.717, 1.165) is 5.56 Å². The zero-order valence-electron chi connectivity index (χ0n) is 8.97. The minimum absolute atomic E-state index is 0.157. The lowest BCUT2D eigenvalue weighted by atomic mass is 10.2. The molecule has 0 saturated heterocycles. The number of hydrogen-bond acceptors (Lipinski definition) is 4. The minimum atomic E-state index is -3.47. The van der Waals surface area contributed by atoms with Gasteiger partial charge in [0.1, 0.15) is 0 Å². The molecule has 1 rings (SSSR count). The summed E-state index contributed by atoms with van der Waals surface area (Å²) >= 11 is 5.45. The Morgan fingerprint density at radius 1 is 1.25 bits per heavy atom. The number of rotatable bonds is 7. The van der Waals surface area contributed by atoms with Crippen LogP contribution in [0.1, 0.15) is 12.5 Å². The standard InChI is InChI=1S/C10H14ClO4P/c1-2-14-16(11,12)15-9-13-8-10-6-4-3-5-7-10/h3-7H,2,8-9H2,1H3. The molecular formula is C10H14ClO4P. The average molecular weight is 265 g/mol. The second-order valence-corrected chi connectivity index (χ2v) is 5.55. The lowest BCUT2D eigenvalue weighted by molar-refractivity contribution is -0.000943. The molecule has 0 saturated carbocycles. The van der Waals surface area contributed by atoms with Gasteiger partial charge < -0.3 is 4.74 Å². The molecule has 4 nitrogen and oxygen atoms in total. The van der Waals surface area contributed by atoms with Gasteiger partial charge in [0.15, 0.2) is 6.79 Å². The molecule has 0 radical (unpaired) electrons. The Hall–Kier alpha value is -0.380. The molecule has 90 valence electrons. The van der Waals surface area contributed by atoms with Crippen molar-refractivity contribution < 1.29 is 18.3 Å². The summed E-state index contributed by atoms with van der Waals surface area (Å²) in [4.78, 5) is 0. The molecule has 1 unspecified atom stereocenters. The first-order valence-corrected chi connectivity index (χ1v) is 7.29. The summed E-state index contributed by atoms with van der Waals surface area (Å²) in [6, 6.07) is 9.58. The molecule has 6 heteroatoms. The molecule has 0 heterocycles. The highest BCUT2D eigenvalue weighted by Crippen LogP contribution is 2.53. The summed E-state index contributed by atoms with van der Waals surface area (Å²) in [5.41, 5.74) is 1.01. The molecule has 0 fully saturated rings. The van der Waals surface area contributed by atoms with E-state index in [9.17, 15) is 4.57 Å². The highest BCUT2D eigenvalue weighted by Gasteiger charge is 2.19. The van der Waals surface area contributed by atoms with E-state index >= 15 is 0 Å². The van der Waals surface area contributed by atoms with Crippen LogP contribution in [0.15, 0.2) is 30.3 Å². The third-order valence-corrected chi connectivity index (χ3v) is 3.25. The van der Waals surface area contributed by atoms with Gasteiger partial charge in [0.05, 0.1) is 13.2 Å². The predicted octanol–water partition coefficient (Wildman–Crippen LogP) is 3.56. The maximum Gasteiger partial charge on any atom is 0.426 e. The van der Waals surface area contributed by atoms with Crippen LogP contribution in [0.5, 0.6) is 0 Å². The second-order valence-electron chi connectivity index (χ2n) is 2.93. The Labute approximate surface area is 99.8 Å². The first-order valence-electron chi connectivity index (χ1n) is 4.84. The summed E-state index contributed by atoms with van der Waals surface area (Å²) in [5, 5.41) is 0. The Morgan fingerprint density at radius 3 is 2.56 bits per heavy atom. The van der Waals surface area contributed by atoms with E-state index in [1.807, 2.05) is 30.3 Å². The van der Waals surface area contributed by atoms with Crippen molar-refractivity contribution in [3.8, 4) is 0 Å². The summed E-state index contributed by atoms with van der Waals surface area (Å²) < 4.78 is 25.9. The van der Waals surface area contributed by atoms with Crippen molar-refractivity contribution in [2.75, 3.05) is 13.4 Å². The van der Waals surface area contributed by atoms with Crippen LogP contribution in [0.4, 0.5) is 0 Å². The smallest absolute Gasteiger partial charge is 0.350 e. The van der Waals surface area contributed by atoms with Crippen LogP contribution in [0.2, 0.25) is 0 Å². The summed E-state index contributed by atoms with van der Waals surface area (Å²) in [6.07, 6.45) is 0. The second kappa shape index (κ2) is 7.05. The topological polar surface area (TPSA) is 44.8 Å². The van der Waals surface area contributed by atoms with E-state index in [1.54, 1.807) is 6.92 Å². The highest BCUT2D eigenvalue weighted by molar-refractivity contribution is 7.81. The maximum atomic E-state index is 11.3. The quantitative estimate of drug-likeness (QED) is 0.429. The molecule has 1 aromatic rings. The molecule has 0 N–H and O–H groups in total. The van der Waals surface area contributed by atoms with Gasteiger partial charge in [0.2, 0.25) is 0 Å². The van der Waals surface area contributed by atoms with Gasteiger partial charge >= 0.3 is 6.95 Å². The summed E-state index contributed by atoms with van der Waals surface area (Å²) in [7, 11) is 0. The van der Waals surface area contributed by atoms with E-state index in [1.165, 1.54) is 0 Å². The van der Waals surface area contributed by atoms with Crippen LogP contribution in [-0.2, 0) is 25.0 Å². The maximum absolute atomic E-state index is 11.3. The summed E-state index contributed by atoms with van der Waals surface area (Å²) in [5.74, 6) is 0. The predicted molar refractivity (Wildman–Crippen MR) is 62.3 cm³/mol. The largest absolute Gasteiger partial charge is 0.426 e. The van der Waals surface area contributed by atoms with Crippen LogP contribution in [0.3, 0.4) is 0 Å². The van der Waals surface area contributed by atoms with E-state index in [4.69, 9.17) is 25.0 Å². The Morgan fingerprint density at radius 2 is 1.94 bits per heavy atom. The third kappa shape index (κ3) is 5.64. The highest BCUT2D eigenvalue weighted by atomic mass is 35.7. The first-order chi connectivity index (χ1) is 7.64. The minimum Gasteiger partial charge on any atom is -0.350 e. The van der Waals surface area contributed by atoms with Crippen molar-refractivity contribution in [1.29, 1.82) is 0 Å². The molecule has 0 spiro atoms. The lowest BCUT2D eigenvalue weighted by Gasteiger charge is -2.10. The molecule has 0 aliphatic carbocycles. The molecular weight excluding hydrogens is 251 g/mol. The van der Waals surface area contributed by atoms with Crippen LogP contribution in [-0.4, -0.2) is 13.4 Å². The van der Waals surface area contributed by atoms with Gasteiger partial charge in [-0.25, -0.2) is 4.57 Å². The number of halogens is 1. The molecule has 0 amide bonds. The number of hydrogen-bond donors (Lipinski definition) is 0. The van der Waals surface area contributed by atoms with Crippen LogP contribution >= 0.6 is 18.2 Å². The zero-order chi connectivity index (χ0) is 11.9. The first kappa shape index (κ1) is 13.7. The molecule has 0 aliphatic heterocycles. The van der Waals surface area contributed by atoms with Gasteiger partial charge in [-0.3, -0.25) is 9.05 Å². The van der Waals surface area contributed by atoms with Gasteiger partial charge in [-0.05, 0) is 12.5 Å². The van der Waals surface area contributed by atoms with Crippen molar-refractivity contribution in [2.24, 2.45) is 0 Å². The van der Waals surface area contributed by atoms with Crippen molar-refractivity contribution in [3.63, 3.8) is 0 Å². The van der Waals surface area contributed by atoms with Crippen LogP contribution in [0, 0.1) is 0 Å². The van der Waals surface area contributed by atoms with E-state index in [0.29, 0.717) is 6.61 Å².